The van der Waals surface area contributed by atoms with E-state index in [2.05, 4.69) is 10.3 Å². The predicted molar refractivity (Wildman–Crippen MR) is 55.4 cm³/mol. The molecule has 76 valence electrons. The number of carbonyl (C=O) groups is 2. The SMILES string of the molecule is CC(=O)CCC(=O)Nc1nc(C)cs1. The summed E-state index contributed by atoms with van der Waals surface area (Å²) in [6.07, 6.45) is 0.518. The summed E-state index contributed by atoms with van der Waals surface area (Å²) < 4.78 is 0. The van der Waals surface area contributed by atoms with E-state index in [9.17, 15) is 9.59 Å². The Morgan fingerprint density at radius 1 is 1.50 bits per heavy atom. The van der Waals surface area contributed by atoms with Crippen molar-refractivity contribution in [2.24, 2.45) is 0 Å². The van der Waals surface area contributed by atoms with Gasteiger partial charge in [0.15, 0.2) is 5.13 Å². The molecule has 0 spiro atoms. The first-order chi connectivity index (χ1) is 6.58. The Morgan fingerprint density at radius 2 is 2.21 bits per heavy atom. The smallest absolute Gasteiger partial charge is 0.226 e. The summed E-state index contributed by atoms with van der Waals surface area (Å²) in [6, 6.07) is 0. The minimum absolute atomic E-state index is 0.0236. The van der Waals surface area contributed by atoms with Crippen LogP contribution in [0.25, 0.3) is 0 Å². The summed E-state index contributed by atoms with van der Waals surface area (Å²) in [4.78, 5) is 25.9. The average molecular weight is 212 g/mol. The van der Waals surface area contributed by atoms with E-state index in [-0.39, 0.29) is 24.5 Å². The molecule has 0 saturated carbocycles. The maximum absolute atomic E-state index is 11.2. The first-order valence-electron chi connectivity index (χ1n) is 4.29. The van der Waals surface area contributed by atoms with E-state index in [0.717, 1.165) is 5.69 Å². The molecule has 0 aromatic carbocycles. The molecule has 0 fully saturated rings. The summed E-state index contributed by atoms with van der Waals surface area (Å²) in [5.74, 6) is -0.134. The standard InChI is InChI=1S/C9H12N2O2S/c1-6-5-14-9(10-6)11-8(13)4-3-7(2)12/h5H,3-4H2,1-2H3,(H,10,11,13). The number of carbonyl (C=O) groups excluding carboxylic acids is 2. The number of amides is 1. The molecule has 1 aromatic heterocycles. The fourth-order valence-electron chi connectivity index (χ4n) is 0.883. The number of rotatable bonds is 4. The van der Waals surface area contributed by atoms with Crippen molar-refractivity contribution in [1.29, 1.82) is 0 Å². The van der Waals surface area contributed by atoms with E-state index >= 15 is 0 Å². The van der Waals surface area contributed by atoms with Crippen molar-refractivity contribution in [2.45, 2.75) is 26.7 Å². The van der Waals surface area contributed by atoms with E-state index in [0.29, 0.717) is 5.13 Å². The fourth-order valence-corrected chi connectivity index (χ4v) is 1.59. The molecular formula is C9H12N2O2S. The maximum atomic E-state index is 11.2. The van der Waals surface area contributed by atoms with Crippen LogP contribution in [0, 0.1) is 6.92 Å². The molecule has 1 amide bonds. The molecule has 0 radical (unpaired) electrons. The molecule has 1 aromatic rings. The second-order valence-corrected chi connectivity index (χ2v) is 3.90. The van der Waals surface area contributed by atoms with Crippen molar-refractivity contribution in [1.82, 2.24) is 4.98 Å². The largest absolute Gasteiger partial charge is 0.302 e. The Morgan fingerprint density at radius 3 is 2.71 bits per heavy atom. The first kappa shape index (κ1) is 10.8. The zero-order valence-electron chi connectivity index (χ0n) is 8.16. The molecule has 4 nitrogen and oxygen atoms in total. The van der Waals surface area contributed by atoms with Crippen LogP contribution in [0.5, 0.6) is 0 Å². The van der Waals surface area contributed by atoms with Gasteiger partial charge in [0, 0.05) is 18.2 Å². The molecule has 0 saturated heterocycles. The van der Waals surface area contributed by atoms with Gasteiger partial charge < -0.3 is 10.1 Å². The van der Waals surface area contributed by atoms with E-state index < -0.39 is 0 Å². The number of Topliss-reactive ketones (excluding diaryl/α,β-unsaturated/α-hetero) is 1. The number of aromatic nitrogens is 1. The fraction of sp³-hybridized carbons (Fsp3) is 0.444. The first-order valence-corrected chi connectivity index (χ1v) is 5.17. The lowest BCUT2D eigenvalue weighted by molar-refractivity contribution is -0.121. The number of anilines is 1. The number of aryl methyl sites for hydroxylation is 1. The van der Waals surface area contributed by atoms with E-state index in [1.54, 1.807) is 0 Å². The van der Waals surface area contributed by atoms with Crippen LogP contribution in [0.1, 0.15) is 25.5 Å². The summed E-state index contributed by atoms with van der Waals surface area (Å²) >= 11 is 1.38. The highest BCUT2D eigenvalue weighted by atomic mass is 32.1. The molecule has 14 heavy (non-hydrogen) atoms. The maximum Gasteiger partial charge on any atom is 0.226 e. The van der Waals surface area contributed by atoms with Gasteiger partial charge in [-0.05, 0) is 13.8 Å². The highest BCUT2D eigenvalue weighted by Crippen LogP contribution is 2.14. The molecule has 0 atom stereocenters. The Kier molecular flexibility index (Phi) is 3.76. The summed E-state index contributed by atoms with van der Waals surface area (Å²) in [5, 5.41) is 5.09. The van der Waals surface area contributed by atoms with Gasteiger partial charge in [-0.3, -0.25) is 4.79 Å². The number of nitrogens with one attached hydrogen (secondary N) is 1. The van der Waals surface area contributed by atoms with Crippen molar-refractivity contribution in [2.75, 3.05) is 5.32 Å². The molecule has 0 bridgehead atoms. The normalized spacial score (nSPS) is 9.86. The van der Waals surface area contributed by atoms with Crippen LogP contribution in [0.15, 0.2) is 5.38 Å². The van der Waals surface area contributed by atoms with Gasteiger partial charge in [-0.1, -0.05) is 0 Å². The summed E-state index contributed by atoms with van der Waals surface area (Å²) in [6.45, 7) is 3.34. The van der Waals surface area contributed by atoms with Gasteiger partial charge in [-0.25, -0.2) is 4.98 Å². The van der Waals surface area contributed by atoms with Crippen LogP contribution in [-0.2, 0) is 9.59 Å². The van der Waals surface area contributed by atoms with Crippen molar-refractivity contribution < 1.29 is 9.59 Å². The minimum atomic E-state index is -0.158. The number of hydrogen-bond acceptors (Lipinski definition) is 4. The van der Waals surface area contributed by atoms with Crippen LogP contribution in [-0.4, -0.2) is 16.7 Å². The quantitative estimate of drug-likeness (QED) is 0.827. The number of thiazole rings is 1. The third-order valence-corrected chi connectivity index (χ3v) is 2.45. The Bertz CT molecular complexity index is 346. The predicted octanol–water partition coefficient (Wildman–Crippen LogP) is 1.76. The van der Waals surface area contributed by atoms with Crippen LogP contribution >= 0.6 is 11.3 Å². The zero-order chi connectivity index (χ0) is 10.6. The number of nitrogens with zero attached hydrogens (tertiary/aromatic N) is 1. The topological polar surface area (TPSA) is 59.1 Å². The van der Waals surface area contributed by atoms with Crippen molar-refractivity contribution >= 4 is 28.2 Å². The van der Waals surface area contributed by atoms with Gasteiger partial charge in [0.2, 0.25) is 5.91 Å². The third-order valence-electron chi connectivity index (χ3n) is 1.57. The Labute approximate surface area is 86.4 Å². The van der Waals surface area contributed by atoms with E-state index in [1.165, 1.54) is 18.3 Å². The molecule has 5 heteroatoms. The molecule has 1 rings (SSSR count). The monoisotopic (exact) mass is 212 g/mol. The molecule has 1 N–H and O–H groups in total. The van der Waals surface area contributed by atoms with Gasteiger partial charge in [0.25, 0.3) is 0 Å². The number of ketones is 1. The second kappa shape index (κ2) is 4.85. The third kappa shape index (κ3) is 3.66. The van der Waals surface area contributed by atoms with E-state index in [4.69, 9.17) is 0 Å². The minimum Gasteiger partial charge on any atom is -0.302 e. The summed E-state index contributed by atoms with van der Waals surface area (Å²) in [5.41, 5.74) is 0.886. The lowest BCUT2D eigenvalue weighted by Gasteiger charge is -1.98. The van der Waals surface area contributed by atoms with Gasteiger partial charge in [0.05, 0.1) is 5.69 Å². The highest BCUT2D eigenvalue weighted by molar-refractivity contribution is 7.13. The molecule has 0 aliphatic rings. The van der Waals surface area contributed by atoms with Crippen molar-refractivity contribution in [3.05, 3.63) is 11.1 Å². The average Bonchev–Trinajstić information content (AvgIpc) is 2.48. The Hall–Kier alpha value is -1.23. The van der Waals surface area contributed by atoms with Crippen molar-refractivity contribution in [3.8, 4) is 0 Å². The van der Waals surface area contributed by atoms with Crippen LogP contribution < -0.4 is 5.32 Å². The zero-order valence-corrected chi connectivity index (χ0v) is 8.98. The van der Waals surface area contributed by atoms with Gasteiger partial charge >= 0.3 is 0 Å². The van der Waals surface area contributed by atoms with Crippen molar-refractivity contribution in [3.63, 3.8) is 0 Å². The molecule has 0 aliphatic heterocycles. The lowest BCUT2D eigenvalue weighted by Crippen LogP contribution is -2.12. The molecular weight excluding hydrogens is 200 g/mol. The lowest BCUT2D eigenvalue weighted by atomic mass is 10.2. The Balaban J connectivity index is 2.37. The van der Waals surface area contributed by atoms with Crippen LogP contribution in [0.2, 0.25) is 0 Å². The molecule has 0 aliphatic carbocycles. The van der Waals surface area contributed by atoms with Crippen LogP contribution in [0.4, 0.5) is 5.13 Å². The van der Waals surface area contributed by atoms with Gasteiger partial charge in [-0.15, -0.1) is 11.3 Å². The van der Waals surface area contributed by atoms with Crippen LogP contribution in [0.3, 0.4) is 0 Å². The van der Waals surface area contributed by atoms with Gasteiger partial charge in [0.1, 0.15) is 5.78 Å². The number of hydrogen-bond donors (Lipinski definition) is 1. The molecule has 0 unspecified atom stereocenters. The highest BCUT2D eigenvalue weighted by Gasteiger charge is 2.05. The second-order valence-electron chi connectivity index (χ2n) is 3.04. The molecule has 1 heterocycles. The van der Waals surface area contributed by atoms with Gasteiger partial charge in [-0.2, -0.15) is 0 Å². The summed E-state index contributed by atoms with van der Waals surface area (Å²) in [7, 11) is 0. The van der Waals surface area contributed by atoms with E-state index in [1.807, 2.05) is 12.3 Å².